The van der Waals surface area contributed by atoms with Crippen LogP contribution in [0.4, 0.5) is 4.39 Å². The molecule has 0 radical (unpaired) electrons. The van der Waals surface area contributed by atoms with Crippen molar-refractivity contribution in [3.05, 3.63) is 30.1 Å². The fraction of sp³-hybridized carbons (Fsp3) is 0.533. The van der Waals surface area contributed by atoms with Crippen molar-refractivity contribution in [2.24, 2.45) is 0 Å². The second kappa shape index (κ2) is 8.02. The largest absolute Gasteiger partial charge is 0.394 e. The molecule has 1 unspecified atom stereocenters. The van der Waals surface area contributed by atoms with Crippen LogP contribution in [-0.4, -0.2) is 51.3 Å². The lowest BCUT2D eigenvalue weighted by atomic mass is 10.00. The zero-order valence-corrected chi connectivity index (χ0v) is 13.9. The lowest BCUT2D eigenvalue weighted by molar-refractivity contribution is -0.123. The first-order chi connectivity index (χ1) is 11.4. The Bertz CT molecular complexity index is 657. The summed E-state index contributed by atoms with van der Waals surface area (Å²) in [4.78, 5) is 11.9. The Balaban J connectivity index is 1.76. The van der Waals surface area contributed by atoms with E-state index in [0.717, 1.165) is 12.1 Å². The smallest absolute Gasteiger partial charge is 0.240 e. The maximum atomic E-state index is 12.8. The third-order valence-electron chi connectivity index (χ3n) is 3.81. The highest BCUT2D eigenvalue weighted by atomic mass is 32.2. The summed E-state index contributed by atoms with van der Waals surface area (Å²) in [5.74, 6) is -0.783. The Morgan fingerprint density at radius 2 is 2.04 bits per heavy atom. The van der Waals surface area contributed by atoms with Crippen LogP contribution in [-0.2, 0) is 19.6 Å². The molecule has 1 amide bonds. The zero-order valence-electron chi connectivity index (χ0n) is 13.1. The summed E-state index contributed by atoms with van der Waals surface area (Å²) in [6.45, 7) is 0.635. The van der Waals surface area contributed by atoms with Crippen molar-refractivity contribution in [2.45, 2.75) is 29.7 Å². The zero-order chi connectivity index (χ0) is 17.6. The summed E-state index contributed by atoms with van der Waals surface area (Å²) in [7, 11) is -3.72. The van der Waals surface area contributed by atoms with Gasteiger partial charge in [0.2, 0.25) is 15.9 Å². The van der Waals surface area contributed by atoms with Crippen molar-refractivity contribution < 1.29 is 27.4 Å². The first kappa shape index (κ1) is 18.8. The molecule has 1 fully saturated rings. The van der Waals surface area contributed by atoms with E-state index in [0.29, 0.717) is 19.4 Å². The van der Waals surface area contributed by atoms with Gasteiger partial charge in [-0.3, -0.25) is 4.79 Å². The standard InChI is InChI=1S/C15H21FN2O5S/c16-12-3-5-13(6-4-12)24(21,22)17-8-1-2-14(20)18-15(10-19)7-9-23-11-15/h3-6,17,19H,1-2,7-11H2,(H,18,20). The monoisotopic (exact) mass is 360 g/mol. The second-order valence-electron chi connectivity index (χ2n) is 5.74. The molecule has 3 N–H and O–H groups in total. The molecule has 134 valence electrons. The molecule has 0 saturated carbocycles. The van der Waals surface area contributed by atoms with Crippen molar-refractivity contribution in [1.82, 2.24) is 10.0 Å². The van der Waals surface area contributed by atoms with Crippen molar-refractivity contribution in [2.75, 3.05) is 26.4 Å². The summed E-state index contributed by atoms with van der Waals surface area (Å²) in [6, 6.07) is 4.49. The van der Waals surface area contributed by atoms with E-state index in [1.807, 2.05) is 0 Å². The topological polar surface area (TPSA) is 105 Å². The average Bonchev–Trinajstić information content (AvgIpc) is 3.01. The number of sulfonamides is 1. The maximum absolute atomic E-state index is 12.8. The van der Waals surface area contributed by atoms with Gasteiger partial charge in [-0.25, -0.2) is 17.5 Å². The Hall–Kier alpha value is -1.55. The molecule has 24 heavy (non-hydrogen) atoms. The van der Waals surface area contributed by atoms with Gasteiger partial charge in [0.05, 0.1) is 23.6 Å². The SMILES string of the molecule is O=C(CCCNS(=O)(=O)c1ccc(F)cc1)NC1(CO)CCOC1. The van der Waals surface area contributed by atoms with Crippen LogP contribution < -0.4 is 10.0 Å². The number of benzene rings is 1. The minimum atomic E-state index is -3.72. The number of carbonyl (C=O) groups excluding carboxylic acids is 1. The van der Waals surface area contributed by atoms with Crippen LogP contribution in [0.25, 0.3) is 0 Å². The predicted molar refractivity (Wildman–Crippen MR) is 84.2 cm³/mol. The van der Waals surface area contributed by atoms with Crippen LogP contribution in [0.2, 0.25) is 0 Å². The van der Waals surface area contributed by atoms with Crippen LogP contribution >= 0.6 is 0 Å². The molecule has 0 aromatic heterocycles. The molecule has 0 spiro atoms. The first-order valence-corrected chi connectivity index (χ1v) is 9.10. The Morgan fingerprint density at radius 1 is 1.33 bits per heavy atom. The van der Waals surface area contributed by atoms with Crippen LogP contribution in [0.5, 0.6) is 0 Å². The number of carbonyl (C=O) groups is 1. The molecule has 2 rings (SSSR count). The highest BCUT2D eigenvalue weighted by Gasteiger charge is 2.35. The molecule has 0 bridgehead atoms. The van der Waals surface area contributed by atoms with Gasteiger partial charge in [-0.1, -0.05) is 0 Å². The van der Waals surface area contributed by atoms with Crippen molar-refractivity contribution in [3.63, 3.8) is 0 Å². The average molecular weight is 360 g/mol. The Labute approximate surface area is 140 Å². The fourth-order valence-corrected chi connectivity index (χ4v) is 3.45. The van der Waals surface area contributed by atoms with Gasteiger partial charge >= 0.3 is 0 Å². The molecular formula is C15H21FN2O5S. The number of aliphatic hydroxyl groups is 1. The van der Waals surface area contributed by atoms with Crippen molar-refractivity contribution >= 4 is 15.9 Å². The van der Waals surface area contributed by atoms with E-state index in [2.05, 4.69) is 10.0 Å². The summed E-state index contributed by atoms with van der Waals surface area (Å²) < 4.78 is 44.3. The van der Waals surface area contributed by atoms with E-state index in [1.165, 1.54) is 12.1 Å². The molecule has 0 aliphatic carbocycles. The Kier molecular flexibility index (Phi) is 6.27. The number of halogens is 1. The van der Waals surface area contributed by atoms with Gasteiger partial charge in [-0.2, -0.15) is 0 Å². The van der Waals surface area contributed by atoms with E-state index in [1.54, 1.807) is 0 Å². The molecule has 9 heteroatoms. The molecule has 7 nitrogen and oxygen atoms in total. The van der Waals surface area contributed by atoms with E-state index in [-0.39, 0.29) is 37.0 Å². The normalized spacial score (nSPS) is 20.9. The molecular weight excluding hydrogens is 339 g/mol. The van der Waals surface area contributed by atoms with Crippen LogP contribution in [0.3, 0.4) is 0 Å². The van der Waals surface area contributed by atoms with Gasteiger partial charge in [0.25, 0.3) is 0 Å². The van der Waals surface area contributed by atoms with E-state index in [4.69, 9.17) is 4.74 Å². The third kappa shape index (κ3) is 4.97. The van der Waals surface area contributed by atoms with E-state index < -0.39 is 21.4 Å². The minimum Gasteiger partial charge on any atom is -0.394 e. The highest BCUT2D eigenvalue weighted by molar-refractivity contribution is 7.89. The van der Waals surface area contributed by atoms with Crippen molar-refractivity contribution in [1.29, 1.82) is 0 Å². The molecule has 1 heterocycles. The van der Waals surface area contributed by atoms with Gasteiger partial charge in [0.1, 0.15) is 5.82 Å². The van der Waals surface area contributed by atoms with Gasteiger partial charge in [0.15, 0.2) is 0 Å². The lowest BCUT2D eigenvalue weighted by Crippen LogP contribution is -2.52. The second-order valence-corrected chi connectivity index (χ2v) is 7.51. The summed E-state index contributed by atoms with van der Waals surface area (Å²) >= 11 is 0. The lowest BCUT2D eigenvalue weighted by Gasteiger charge is -2.26. The molecule has 1 aliphatic heterocycles. The van der Waals surface area contributed by atoms with Crippen LogP contribution in [0.15, 0.2) is 29.2 Å². The number of nitrogens with one attached hydrogen (secondary N) is 2. The van der Waals surface area contributed by atoms with Crippen molar-refractivity contribution in [3.8, 4) is 0 Å². The first-order valence-electron chi connectivity index (χ1n) is 7.62. The van der Waals surface area contributed by atoms with Gasteiger partial charge < -0.3 is 15.2 Å². The number of aliphatic hydroxyl groups excluding tert-OH is 1. The molecule has 1 aliphatic rings. The summed E-state index contributed by atoms with van der Waals surface area (Å²) in [6.07, 6.45) is 0.967. The van der Waals surface area contributed by atoms with E-state index in [9.17, 15) is 22.7 Å². The number of amides is 1. The quantitative estimate of drug-likeness (QED) is 0.573. The van der Waals surface area contributed by atoms with E-state index >= 15 is 0 Å². The molecule has 1 saturated heterocycles. The van der Waals surface area contributed by atoms with Crippen LogP contribution in [0.1, 0.15) is 19.3 Å². The molecule has 1 aromatic carbocycles. The number of hydrogen-bond donors (Lipinski definition) is 3. The fourth-order valence-electron chi connectivity index (χ4n) is 2.38. The van der Waals surface area contributed by atoms with Gasteiger partial charge in [-0.05, 0) is 37.1 Å². The van der Waals surface area contributed by atoms with Crippen LogP contribution in [0, 0.1) is 5.82 Å². The van der Waals surface area contributed by atoms with Gasteiger partial charge in [-0.15, -0.1) is 0 Å². The number of hydrogen-bond acceptors (Lipinski definition) is 5. The predicted octanol–water partition coefficient (Wildman–Crippen LogP) is 0.152. The number of rotatable bonds is 8. The van der Waals surface area contributed by atoms with Gasteiger partial charge in [0, 0.05) is 19.6 Å². The minimum absolute atomic E-state index is 0.0318. The highest BCUT2D eigenvalue weighted by Crippen LogP contribution is 2.18. The Morgan fingerprint density at radius 3 is 2.62 bits per heavy atom. The summed E-state index contributed by atoms with van der Waals surface area (Å²) in [5.41, 5.74) is -0.731. The summed E-state index contributed by atoms with van der Waals surface area (Å²) in [5, 5.41) is 12.1. The maximum Gasteiger partial charge on any atom is 0.240 e. The molecule has 1 atom stereocenters. The molecule has 1 aromatic rings. The number of ether oxygens (including phenoxy) is 1. The third-order valence-corrected chi connectivity index (χ3v) is 5.28.